The Kier molecular flexibility index (Phi) is 3.33. The van der Waals surface area contributed by atoms with Gasteiger partial charge in [0, 0.05) is 26.1 Å². The van der Waals surface area contributed by atoms with E-state index in [1.165, 1.54) is 4.90 Å². The highest BCUT2D eigenvalue weighted by atomic mass is 16.4. The standard InChI is InChI=1S/C16H18N4O4/c21-14-5-9(15(22)23)8-20(14)13-7-11-10(17-16(24)18-11)6-12(13)19-3-1-2-4-19/h6-7,9H,1-5,8H2,(H,22,23)(H2,17,18,24). The molecule has 1 amide bonds. The quantitative estimate of drug-likeness (QED) is 0.774. The van der Waals surface area contributed by atoms with Gasteiger partial charge in [0.05, 0.1) is 28.3 Å². The minimum Gasteiger partial charge on any atom is -0.481 e. The summed E-state index contributed by atoms with van der Waals surface area (Å²) in [5.41, 5.74) is 2.55. The van der Waals surface area contributed by atoms with Gasteiger partial charge in [0.2, 0.25) is 5.91 Å². The van der Waals surface area contributed by atoms with Crippen molar-refractivity contribution >= 4 is 34.3 Å². The van der Waals surface area contributed by atoms with E-state index in [0.29, 0.717) is 16.7 Å². The van der Waals surface area contributed by atoms with Gasteiger partial charge in [0.15, 0.2) is 0 Å². The normalized spacial score (nSPS) is 21.2. The molecule has 24 heavy (non-hydrogen) atoms. The van der Waals surface area contributed by atoms with Crippen LogP contribution in [0.3, 0.4) is 0 Å². The fourth-order valence-electron chi connectivity index (χ4n) is 3.59. The first-order valence-electron chi connectivity index (χ1n) is 8.07. The second-order valence-electron chi connectivity index (χ2n) is 6.40. The van der Waals surface area contributed by atoms with E-state index in [9.17, 15) is 19.5 Å². The third-order valence-electron chi connectivity index (χ3n) is 4.82. The van der Waals surface area contributed by atoms with Crippen LogP contribution in [0.25, 0.3) is 11.0 Å². The number of nitrogens with zero attached hydrogens (tertiary/aromatic N) is 2. The maximum Gasteiger partial charge on any atom is 0.323 e. The number of imidazole rings is 1. The molecular formula is C16H18N4O4. The lowest BCUT2D eigenvalue weighted by molar-refractivity contribution is -0.141. The van der Waals surface area contributed by atoms with Gasteiger partial charge in [-0.3, -0.25) is 9.59 Å². The zero-order chi connectivity index (χ0) is 16.8. The largest absolute Gasteiger partial charge is 0.481 e. The van der Waals surface area contributed by atoms with Crippen LogP contribution in [0, 0.1) is 5.92 Å². The number of hydrogen-bond donors (Lipinski definition) is 3. The van der Waals surface area contributed by atoms with E-state index in [1.54, 1.807) is 6.07 Å². The first kappa shape index (κ1) is 14.8. The molecule has 2 aromatic rings. The van der Waals surface area contributed by atoms with Gasteiger partial charge in [0.25, 0.3) is 0 Å². The van der Waals surface area contributed by atoms with Crippen molar-refractivity contribution in [2.45, 2.75) is 19.3 Å². The van der Waals surface area contributed by atoms with Crippen LogP contribution in [0.5, 0.6) is 0 Å². The molecule has 8 nitrogen and oxygen atoms in total. The zero-order valence-electron chi connectivity index (χ0n) is 13.0. The number of rotatable bonds is 3. The highest BCUT2D eigenvalue weighted by Gasteiger charge is 2.37. The monoisotopic (exact) mass is 330 g/mol. The number of hydrogen-bond acceptors (Lipinski definition) is 4. The van der Waals surface area contributed by atoms with Gasteiger partial charge in [-0.2, -0.15) is 0 Å². The van der Waals surface area contributed by atoms with Crippen molar-refractivity contribution < 1.29 is 14.7 Å². The Morgan fingerprint density at radius 1 is 1.08 bits per heavy atom. The van der Waals surface area contributed by atoms with E-state index >= 15 is 0 Å². The molecule has 2 aliphatic heterocycles. The minimum absolute atomic E-state index is 0.0104. The van der Waals surface area contributed by atoms with Crippen LogP contribution in [0.1, 0.15) is 19.3 Å². The Bertz CT molecular complexity index is 878. The number of carbonyl (C=O) groups is 2. The molecule has 0 saturated carbocycles. The molecule has 8 heteroatoms. The van der Waals surface area contributed by atoms with Crippen molar-refractivity contribution in [1.29, 1.82) is 0 Å². The summed E-state index contributed by atoms with van der Waals surface area (Å²) >= 11 is 0. The molecule has 1 aromatic heterocycles. The molecule has 1 aromatic carbocycles. The molecule has 2 saturated heterocycles. The lowest BCUT2D eigenvalue weighted by Crippen LogP contribution is -2.29. The first-order chi connectivity index (χ1) is 11.5. The van der Waals surface area contributed by atoms with Crippen molar-refractivity contribution in [3.63, 3.8) is 0 Å². The van der Waals surface area contributed by atoms with Crippen molar-refractivity contribution in [1.82, 2.24) is 9.97 Å². The van der Waals surface area contributed by atoms with Gasteiger partial charge in [-0.1, -0.05) is 0 Å². The third kappa shape index (κ3) is 2.34. The molecule has 4 rings (SSSR count). The molecule has 3 heterocycles. The highest BCUT2D eigenvalue weighted by molar-refractivity contribution is 6.04. The second kappa shape index (κ2) is 5.40. The Morgan fingerprint density at radius 2 is 1.71 bits per heavy atom. The Balaban J connectivity index is 1.83. The fraction of sp³-hybridized carbons (Fsp3) is 0.438. The lowest BCUT2D eigenvalue weighted by atomic mass is 10.1. The topological polar surface area (TPSA) is 109 Å². The lowest BCUT2D eigenvalue weighted by Gasteiger charge is -2.26. The molecule has 3 N–H and O–H groups in total. The van der Waals surface area contributed by atoms with E-state index < -0.39 is 11.9 Å². The third-order valence-corrected chi connectivity index (χ3v) is 4.82. The maximum absolute atomic E-state index is 12.4. The number of carbonyl (C=O) groups excluding carboxylic acids is 1. The van der Waals surface area contributed by atoms with E-state index in [0.717, 1.165) is 31.6 Å². The van der Waals surface area contributed by atoms with Gasteiger partial charge < -0.3 is 24.9 Å². The zero-order valence-corrected chi connectivity index (χ0v) is 13.0. The number of carboxylic acid groups (broad SMARTS) is 1. The first-order valence-corrected chi connectivity index (χ1v) is 8.07. The molecule has 0 aliphatic carbocycles. The summed E-state index contributed by atoms with van der Waals surface area (Å²) in [6.07, 6.45) is 2.16. The molecule has 0 bridgehead atoms. The number of carboxylic acids is 1. The number of aromatic nitrogens is 2. The number of amides is 1. The maximum atomic E-state index is 12.4. The molecule has 1 unspecified atom stereocenters. The molecule has 0 spiro atoms. The van der Waals surface area contributed by atoms with Gasteiger partial charge in [-0.05, 0) is 25.0 Å². The van der Waals surface area contributed by atoms with Crippen LogP contribution in [0.15, 0.2) is 16.9 Å². The predicted octanol–water partition coefficient (Wildman–Crippen LogP) is 0.894. The molecule has 2 fully saturated rings. The van der Waals surface area contributed by atoms with Crippen LogP contribution in [-0.4, -0.2) is 46.6 Å². The summed E-state index contributed by atoms with van der Waals surface area (Å²) in [6.45, 7) is 1.93. The average Bonchev–Trinajstić information content (AvgIpc) is 3.23. The summed E-state index contributed by atoms with van der Waals surface area (Å²) in [5, 5.41) is 9.21. The number of benzene rings is 1. The van der Waals surface area contributed by atoms with Gasteiger partial charge in [0.1, 0.15) is 0 Å². The SMILES string of the molecule is O=C(O)C1CC(=O)N(c2cc3[nH]c(=O)[nH]c3cc2N2CCCC2)C1. The molecule has 126 valence electrons. The van der Waals surface area contributed by atoms with Crippen molar-refractivity contribution in [2.75, 3.05) is 29.4 Å². The number of H-pyrrole nitrogens is 2. The number of fused-ring (bicyclic) bond motifs is 1. The number of aliphatic carboxylic acids is 1. The molecule has 0 radical (unpaired) electrons. The van der Waals surface area contributed by atoms with Crippen LogP contribution >= 0.6 is 0 Å². The van der Waals surface area contributed by atoms with E-state index in [1.807, 2.05) is 6.07 Å². The number of aromatic amines is 2. The Morgan fingerprint density at radius 3 is 2.29 bits per heavy atom. The second-order valence-corrected chi connectivity index (χ2v) is 6.40. The molecular weight excluding hydrogens is 312 g/mol. The van der Waals surface area contributed by atoms with E-state index in [2.05, 4.69) is 14.9 Å². The van der Waals surface area contributed by atoms with Crippen LogP contribution in [0.4, 0.5) is 11.4 Å². The van der Waals surface area contributed by atoms with Gasteiger partial charge in [-0.25, -0.2) is 4.79 Å². The van der Waals surface area contributed by atoms with Crippen molar-refractivity contribution in [2.24, 2.45) is 5.92 Å². The number of nitrogens with one attached hydrogen (secondary N) is 2. The van der Waals surface area contributed by atoms with Crippen molar-refractivity contribution in [3.05, 3.63) is 22.6 Å². The summed E-state index contributed by atoms with van der Waals surface area (Å²) < 4.78 is 0. The van der Waals surface area contributed by atoms with Crippen LogP contribution in [-0.2, 0) is 9.59 Å². The smallest absolute Gasteiger partial charge is 0.323 e. The van der Waals surface area contributed by atoms with Crippen LogP contribution in [0.2, 0.25) is 0 Å². The summed E-state index contributed by atoms with van der Waals surface area (Å²) in [7, 11) is 0. The predicted molar refractivity (Wildman–Crippen MR) is 88.5 cm³/mol. The highest BCUT2D eigenvalue weighted by Crippen LogP contribution is 2.37. The molecule has 1 atom stereocenters. The summed E-state index contributed by atoms with van der Waals surface area (Å²) in [4.78, 5) is 44.3. The van der Waals surface area contributed by atoms with Crippen molar-refractivity contribution in [3.8, 4) is 0 Å². The average molecular weight is 330 g/mol. The Labute approximate surface area is 137 Å². The Hall–Kier alpha value is -2.77. The molecule has 2 aliphatic rings. The number of anilines is 2. The van der Waals surface area contributed by atoms with E-state index in [4.69, 9.17) is 0 Å². The fourth-order valence-corrected chi connectivity index (χ4v) is 3.59. The summed E-state index contributed by atoms with van der Waals surface area (Å²) in [6, 6.07) is 3.64. The van der Waals surface area contributed by atoms with Crippen LogP contribution < -0.4 is 15.5 Å². The van der Waals surface area contributed by atoms with Gasteiger partial charge in [-0.15, -0.1) is 0 Å². The van der Waals surface area contributed by atoms with Gasteiger partial charge >= 0.3 is 11.7 Å². The van der Waals surface area contributed by atoms with E-state index in [-0.39, 0.29) is 24.6 Å². The summed E-state index contributed by atoms with van der Waals surface area (Å²) in [5.74, 6) is -1.84. The minimum atomic E-state index is -0.954.